The Morgan fingerprint density at radius 2 is 2.05 bits per heavy atom. The zero-order valence-electron chi connectivity index (χ0n) is 11.1. The fourth-order valence-corrected chi connectivity index (χ4v) is 2.96. The van der Waals surface area contributed by atoms with Gasteiger partial charge in [0, 0.05) is 11.9 Å². The molecular formula is C13H15N3O3S. The van der Waals surface area contributed by atoms with E-state index in [1.165, 1.54) is 25.4 Å². The molecule has 0 unspecified atom stereocenters. The normalized spacial score (nSPS) is 11.1. The van der Waals surface area contributed by atoms with E-state index in [0.717, 1.165) is 5.56 Å². The van der Waals surface area contributed by atoms with Crippen molar-refractivity contribution in [3.63, 3.8) is 0 Å². The van der Waals surface area contributed by atoms with Crippen molar-refractivity contribution < 1.29 is 13.2 Å². The molecule has 7 heteroatoms. The molecule has 0 aliphatic heterocycles. The van der Waals surface area contributed by atoms with Crippen LogP contribution in [0.25, 0.3) is 0 Å². The number of nitrogens with zero attached hydrogens (tertiary/aromatic N) is 1. The van der Waals surface area contributed by atoms with Crippen molar-refractivity contribution in [1.82, 2.24) is 4.98 Å². The minimum Gasteiger partial charge on any atom is -0.495 e. The summed E-state index contributed by atoms with van der Waals surface area (Å²) in [6.45, 7) is 1.77. The molecule has 1 aromatic carbocycles. The van der Waals surface area contributed by atoms with E-state index in [2.05, 4.69) is 9.71 Å². The number of nitrogens with two attached hydrogens (primary N) is 1. The number of methoxy groups -OCH3 is 1. The Labute approximate surface area is 117 Å². The first-order valence-corrected chi connectivity index (χ1v) is 7.30. The van der Waals surface area contributed by atoms with Gasteiger partial charge in [-0.05, 0) is 36.8 Å². The highest BCUT2D eigenvalue weighted by Crippen LogP contribution is 2.27. The molecule has 106 valence electrons. The van der Waals surface area contributed by atoms with E-state index in [-0.39, 0.29) is 16.5 Å². The van der Waals surface area contributed by atoms with E-state index in [4.69, 9.17) is 10.5 Å². The topological polar surface area (TPSA) is 94.3 Å². The Balaban J connectivity index is 2.46. The van der Waals surface area contributed by atoms with Crippen LogP contribution in [0.5, 0.6) is 5.75 Å². The van der Waals surface area contributed by atoms with Gasteiger partial charge in [-0.1, -0.05) is 6.07 Å². The SMILES string of the molecule is COc1ccc(N)cc1S(=O)(=O)Nc1ncccc1C. The van der Waals surface area contributed by atoms with Gasteiger partial charge in [0.1, 0.15) is 16.5 Å². The van der Waals surface area contributed by atoms with Crippen LogP contribution in [0.4, 0.5) is 11.5 Å². The van der Waals surface area contributed by atoms with Crippen molar-refractivity contribution in [1.29, 1.82) is 0 Å². The van der Waals surface area contributed by atoms with Gasteiger partial charge in [0.15, 0.2) is 0 Å². The third-order valence-electron chi connectivity index (χ3n) is 2.72. The van der Waals surface area contributed by atoms with Gasteiger partial charge in [-0.15, -0.1) is 0 Å². The number of ether oxygens (including phenoxy) is 1. The minimum atomic E-state index is -3.82. The number of rotatable bonds is 4. The van der Waals surface area contributed by atoms with Gasteiger partial charge in [0.25, 0.3) is 10.0 Å². The van der Waals surface area contributed by atoms with Crippen LogP contribution in [-0.4, -0.2) is 20.5 Å². The highest BCUT2D eigenvalue weighted by Gasteiger charge is 2.21. The first-order chi connectivity index (χ1) is 9.44. The summed E-state index contributed by atoms with van der Waals surface area (Å²) in [6, 6.07) is 7.92. The lowest BCUT2D eigenvalue weighted by Crippen LogP contribution is -2.16. The van der Waals surface area contributed by atoms with E-state index in [0.29, 0.717) is 5.69 Å². The third kappa shape index (κ3) is 2.83. The average Bonchev–Trinajstić information content (AvgIpc) is 2.41. The van der Waals surface area contributed by atoms with Gasteiger partial charge in [-0.3, -0.25) is 4.72 Å². The zero-order valence-corrected chi connectivity index (χ0v) is 11.9. The van der Waals surface area contributed by atoms with E-state index >= 15 is 0 Å². The predicted octanol–water partition coefficient (Wildman–Crippen LogP) is 1.78. The predicted molar refractivity (Wildman–Crippen MR) is 77.2 cm³/mol. The molecule has 6 nitrogen and oxygen atoms in total. The van der Waals surface area contributed by atoms with Gasteiger partial charge in [-0.2, -0.15) is 0 Å². The largest absolute Gasteiger partial charge is 0.495 e. The Morgan fingerprint density at radius 3 is 2.70 bits per heavy atom. The maximum atomic E-state index is 12.4. The molecule has 0 radical (unpaired) electrons. The molecule has 0 fully saturated rings. The van der Waals surface area contributed by atoms with Crippen LogP contribution in [0.15, 0.2) is 41.4 Å². The molecule has 0 saturated heterocycles. The van der Waals surface area contributed by atoms with Gasteiger partial charge in [0.2, 0.25) is 0 Å². The number of anilines is 2. The molecule has 0 aliphatic carbocycles. The van der Waals surface area contributed by atoms with Crippen LogP contribution in [-0.2, 0) is 10.0 Å². The van der Waals surface area contributed by atoms with E-state index in [1.54, 1.807) is 25.1 Å². The fraction of sp³-hybridized carbons (Fsp3) is 0.154. The van der Waals surface area contributed by atoms with Crippen LogP contribution < -0.4 is 15.2 Å². The van der Waals surface area contributed by atoms with E-state index in [9.17, 15) is 8.42 Å². The molecule has 0 amide bonds. The van der Waals surface area contributed by atoms with Crippen molar-refractivity contribution in [3.05, 3.63) is 42.1 Å². The monoisotopic (exact) mass is 293 g/mol. The number of aryl methyl sites for hydroxylation is 1. The molecule has 1 heterocycles. The summed E-state index contributed by atoms with van der Waals surface area (Å²) in [6.07, 6.45) is 1.52. The second kappa shape index (κ2) is 5.38. The molecule has 3 N–H and O–H groups in total. The summed E-state index contributed by atoms with van der Waals surface area (Å²) in [5.41, 5.74) is 6.70. The standard InChI is InChI=1S/C13H15N3O3S/c1-9-4-3-7-15-13(9)16-20(17,18)12-8-10(14)5-6-11(12)19-2/h3-8H,14H2,1-2H3,(H,15,16). The summed E-state index contributed by atoms with van der Waals surface area (Å²) in [7, 11) is -2.42. The number of pyridine rings is 1. The number of hydrogen-bond acceptors (Lipinski definition) is 5. The number of nitrogens with one attached hydrogen (secondary N) is 1. The number of nitrogen functional groups attached to an aromatic ring is 1. The summed E-state index contributed by atoms with van der Waals surface area (Å²) in [5, 5.41) is 0. The number of aromatic nitrogens is 1. The van der Waals surface area contributed by atoms with Crippen LogP contribution in [0.1, 0.15) is 5.56 Å². The smallest absolute Gasteiger partial charge is 0.266 e. The van der Waals surface area contributed by atoms with Crippen molar-refractivity contribution in [3.8, 4) is 5.75 Å². The number of hydrogen-bond donors (Lipinski definition) is 2. The summed E-state index contributed by atoms with van der Waals surface area (Å²) >= 11 is 0. The molecule has 0 atom stereocenters. The highest BCUT2D eigenvalue weighted by molar-refractivity contribution is 7.92. The molecule has 0 spiro atoms. The Hall–Kier alpha value is -2.28. The lowest BCUT2D eigenvalue weighted by molar-refractivity contribution is 0.403. The van der Waals surface area contributed by atoms with Crippen LogP contribution in [0, 0.1) is 6.92 Å². The molecule has 0 saturated carbocycles. The molecule has 0 bridgehead atoms. The Bertz CT molecular complexity index is 729. The molecular weight excluding hydrogens is 278 g/mol. The maximum Gasteiger partial charge on any atom is 0.266 e. The second-order valence-electron chi connectivity index (χ2n) is 4.18. The zero-order chi connectivity index (χ0) is 14.8. The average molecular weight is 293 g/mol. The van der Waals surface area contributed by atoms with Crippen LogP contribution in [0.3, 0.4) is 0 Å². The van der Waals surface area contributed by atoms with Crippen molar-refractivity contribution in [2.45, 2.75) is 11.8 Å². The fourth-order valence-electron chi connectivity index (χ4n) is 1.68. The van der Waals surface area contributed by atoms with Gasteiger partial charge in [-0.25, -0.2) is 13.4 Å². The summed E-state index contributed by atoms with van der Waals surface area (Å²) in [5.74, 6) is 0.497. The lowest BCUT2D eigenvalue weighted by atomic mass is 10.3. The molecule has 1 aromatic heterocycles. The summed E-state index contributed by atoms with van der Waals surface area (Å²) < 4.78 is 32.3. The molecule has 2 rings (SSSR count). The van der Waals surface area contributed by atoms with E-state index in [1.807, 2.05) is 0 Å². The Kier molecular flexibility index (Phi) is 3.80. The van der Waals surface area contributed by atoms with Crippen LogP contribution >= 0.6 is 0 Å². The first-order valence-electron chi connectivity index (χ1n) is 5.82. The molecule has 2 aromatic rings. The number of sulfonamides is 1. The quantitative estimate of drug-likeness (QED) is 0.838. The second-order valence-corrected chi connectivity index (χ2v) is 5.84. The highest BCUT2D eigenvalue weighted by atomic mass is 32.2. The van der Waals surface area contributed by atoms with Crippen molar-refractivity contribution >= 4 is 21.5 Å². The minimum absolute atomic E-state index is 0.0231. The van der Waals surface area contributed by atoms with Crippen molar-refractivity contribution in [2.75, 3.05) is 17.6 Å². The Morgan fingerprint density at radius 1 is 1.30 bits per heavy atom. The van der Waals surface area contributed by atoms with Gasteiger partial charge < -0.3 is 10.5 Å². The molecule has 20 heavy (non-hydrogen) atoms. The van der Waals surface area contributed by atoms with Gasteiger partial charge in [0.05, 0.1) is 7.11 Å². The van der Waals surface area contributed by atoms with E-state index < -0.39 is 10.0 Å². The van der Waals surface area contributed by atoms with Gasteiger partial charge >= 0.3 is 0 Å². The number of benzene rings is 1. The lowest BCUT2D eigenvalue weighted by Gasteiger charge is -2.12. The molecule has 0 aliphatic rings. The maximum absolute atomic E-state index is 12.4. The van der Waals surface area contributed by atoms with Crippen molar-refractivity contribution in [2.24, 2.45) is 0 Å². The third-order valence-corrected chi connectivity index (χ3v) is 4.08. The summed E-state index contributed by atoms with van der Waals surface area (Å²) in [4.78, 5) is 3.98. The first kappa shape index (κ1) is 14.1. The van der Waals surface area contributed by atoms with Crippen LogP contribution in [0.2, 0.25) is 0 Å².